The second-order valence-corrected chi connectivity index (χ2v) is 8.54. The molecule has 0 aliphatic rings. The van der Waals surface area contributed by atoms with Gasteiger partial charge >= 0.3 is 11.9 Å². The zero-order valence-corrected chi connectivity index (χ0v) is 19.6. The van der Waals surface area contributed by atoms with Crippen LogP contribution < -0.4 is 4.74 Å². The number of ether oxygens (including phenoxy) is 2. The molecule has 0 heterocycles. The fourth-order valence-electron chi connectivity index (χ4n) is 3.39. The molecule has 3 rings (SSSR count). The average Bonchev–Trinajstić information content (AvgIpc) is 2.84. The third kappa shape index (κ3) is 8.07. The van der Waals surface area contributed by atoms with Crippen molar-refractivity contribution in [1.82, 2.24) is 0 Å². The number of rotatable bonds is 11. The van der Waals surface area contributed by atoms with Gasteiger partial charge in [0.1, 0.15) is 12.4 Å². The van der Waals surface area contributed by atoms with Gasteiger partial charge in [0.15, 0.2) is 0 Å². The van der Waals surface area contributed by atoms with E-state index in [4.69, 9.17) is 21.1 Å². The van der Waals surface area contributed by atoms with Crippen molar-refractivity contribution in [2.24, 2.45) is 0 Å². The smallest absolute Gasteiger partial charge is 0.338 e. The van der Waals surface area contributed by atoms with E-state index in [-0.39, 0.29) is 18.0 Å². The van der Waals surface area contributed by atoms with E-state index in [1.54, 1.807) is 24.3 Å². The predicted molar refractivity (Wildman–Crippen MR) is 132 cm³/mol. The number of alkyl halides is 1. The molecule has 0 fully saturated rings. The third-order valence-corrected chi connectivity index (χ3v) is 5.50. The molecule has 3 aromatic rings. The Morgan fingerprint density at radius 2 is 1.48 bits per heavy atom. The summed E-state index contributed by atoms with van der Waals surface area (Å²) in [6, 6.07) is 24.4. The van der Waals surface area contributed by atoms with Crippen molar-refractivity contribution >= 4 is 23.5 Å². The van der Waals surface area contributed by atoms with Gasteiger partial charge in [-0.15, -0.1) is 11.6 Å². The van der Waals surface area contributed by atoms with Gasteiger partial charge in [-0.05, 0) is 53.8 Å². The molecule has 0 spiro atoms. The van der Waals surface area contributed by atoms with Crippen LogP contribution in [0.15, 0.2) is 78.9 Å². The van der Waals surface area contributed by atoms with Crippen LogP contribution >= 0.6 is 11.6 Å². The number of carbonyl (C=O) groups excluding carboxylic acids is 2. The SMILES string of the molecule is CCCCCC(=O)Oc1ccc(-c2ccc(C(=O)OCC(Cl)Cc3ccccc3)cc2)cc1. The first kappa shape index (κ1) is 24.5. The molecule has 0 aliphatic heterocycles. The van der Waals surface area contributed by atoms with Gasteiger partial charge in [0, 0.05) is 6.42 Å². The van der Waals surface area contributed by atoms with Gasteiger partial charge < -0.3 is 9.47 Å². The maximum Gasteiger partial charge on any atom is 0.338 e. The number of carbonyl (C=O) groups is 2. The lowest BCUT2D eigenvalue weighted by molar-refractivity contribution is -0.134. The van der Waals surface area contributed by atoms with Crippen LogP contribution in [0.5, 0.6) is 5.75 Å². The molecule has 0 saturated heterocycles. The number of hydrogen-bond donors (Lipinski definition) is 0. The number of unbranched alkanes of at least 4 members (excludes halogenated alkanes) is 2. The highest BCUT2D eigenvalue weighted by Gasteiger charge is 2.12. The summed E-state index contributed by atoms with van der Waals surface area (Å²) < 4.78 is 10.8. The van der Waals surface area contributed by atoms with Crippen molar-refractivity contribution in [3.05, 3.63) is 90.0 Å². The van der Waals surface area contributed by atoms with Crippen molar-refractivity contribution in [2.75, 3.05) is 6.61 Å². The Morgan fingerprint density at radius 3 is 2.12 bits per heavy atom. The van der Waals surface area contributed by atoms with E-state index < -0.39 is 5.97 Å². The molecule has 0 aromatic heterocycles. The summed E-state index contributed by atoms with van der Waals surface area (Å²) in [5, 5.41) is -0.283. The maximum atomic E-state index is 12.4. The third-order valence-electron chi connectivity index (χ3n) is 5.22. The minimum absolute atomic E-state index is 0.148. The Labute approximate surface area is 200 Å². The van der Waals surface area contributed by atoms with E-state index in [0.29, 0.717) is 24.2 Å². The molecule has 172 valence electrons. The number of benzene rings is 3. The standard InChI is InChI=1S/C28H29ClO4/c1-2-3-5-10-27(30)33-26-17-15-23(16-18-26)22-11-13-24(14-12-22)28(31)32-20-25(29)19-21-8-6-4-7-9-21/h4,6-9,11-18,25H,2-3,5,10,19-20H2,1H3. The fraction of sp³-hybridized carbons (Fsp3) is 0.286. The maximum absolute atomic E-state index is 12.4. The average molecular weight is 465 g/mol. The lowest BCUT2D eigenvalue weighted by Crippen LogP contribution is -2.16. The van der Waals surface area contributed by atoms with Crippen molar-refractivity contribution in [2.45, 2.75) is 44.4 Å². The summed E-state index contributed by atoms with van der Waals surface area (Å²) in [5.74, 6) is -0.0702. The normalized spacial score (nSPS) is 11.6. The van der Waals surface area contributed by atoms with Crippen molar-refractivity contribution in [1.29, 1.82) is 0 Å². The van der Waals surface area contributed by atoms with Gasteiger partial charge in [-0.25, -0.2) is 4.79 Å². The van der Waals surface area contributed by atoms with Crippen molar-refractivity contribution in [3.63, 3.8) is 0 Å². The van der Waals surface area contributed by atoms with Crippen molar-refractivity contribution in [3.8, 4) is 16.9 Å². The second kappa shape index (κ2) is 12.8. The Bertz CT molecular complexity index is 1010. The first-order valence-corrected chi connectivity index (χ1v) is 11.7. The highest BCUT2D eigenvalue weighted by atomic mass is 35.5. The van der Waals surface area contributed by atoms with Gasteiger partial charge in [0.05, 0.1) is 10.9 Å². The first-order chi connectivity index (χ1) is 16.0. The molecule has 5 heteroatoms. The number of hydrogen-bond acceptors (Lipinski definition) is 4. The molecule has 3 aromatic carbocycles. The Hall–Kier alpha value is -3.11. The first-order valence-electron chi connectivity index (χ1n) is 11.3. The van der Waals surface area contributed by atoms with Crippen LogP contribution in [-0.4, -0.2) is 23.9 Å². The van der Waals surface area contributed by atoms with Crippen LogP contribution in [0.4, 0.5) is 0 Å². The fourth-order valence-corrected chi connectivity index (χ4v) is 3.64. The van der Waals surface area contributed by atoms with Gasteiger partial charge in [-0.2, -0.15) is 0 Å². The summed E-state index contributed by atoms with van der Waals surface area (Å²) in [4.78, 5) is 24.2. The molecular weight excluding hydrogens is 436 g/mol. The molecule has 1 unspecified atom stereocenters. The summed E-state index contributed by atoms with van der Waals surface area (Å²) in [7, 11) is 0. The van der Waals surface area contributed by atoms with Crippen molar-refractivity contribution < 1.29 is 19.1 Å². The molecule has 0 saturated carbocycles. The van der Waals surface area contributed by atoms with Crippen LogP contribution in [0.25, 0.3) is 11.1 Å². The van der Waals surface area contributed by atoms with Gasteiger partial charge in [-0.3, -0.25) is 4.79 Å². The largest absolute Gasteiger partial charge is 0.461 e. The van der Waals surface area contributed by atoms with Gasteiger partial charge in [-0.1, -0.05) is 74.4 Å². The molecule has 0 aliphatic carbocycles. The van der Waals surface area contributed by atoms with Crippen LogP contribution in [0.3, 0.4) is 0 Å². The molecular formula is C28H29ClO4. The van der Waals surface area contributed by atoms with E-state index in [1.807, 2.05) is 54.6 Å². The molecule has 0 radical (unpaired) electrons. The van der Waals surface area contributed by atoms with Crippen LogP contribution in [0.2, 0.25) is 0 Å². The highest BCUT2D eigenvalue weighted by molar-refractivity contribution is 6.20. The van der Waals surface area contributed by atoms with Gasteiger partial charge in [0.2, 0.25) is 0 Å². The monoisotopic (exact) mass is 464 g/mol. The van der Waals surface area contributed by atoms with E-state index in [0.717, 1.165) is 36.0 Å². The van der Waals surface area contributed by atoms with E-state index >= 15 is 0 Å². The highest BCUT2D eigenvalue weighted by Crippen LogP contribution is 2.23. The Kier molecular flexibility index (Phi) is 9.52. The Morgan fingerprint density at radius 1 is 0.848 bits per heavy atom. The van der Waals surface area contributed by atoms with Crippen LogP contribution in [0, 0.1) is 0 Å². The summed E-state index contributed by atoms with van der Waals surface area (Å²) in [6.45, 7) is 2.25. The summed E-state index contributed by atoms with van der Waals surface area (Å²) >= 11 is 6.32. The van der Waals surface area contributed by atoms with E-state index in [9.17, 15) is 9.59 Å². The zero-order valence-electron chi connectivity index (χ0n) is 18.8. The number of halogens is 1. The zero-order chi connectivity index (χ0) is 23.5. The minimum Gasteiger partial charge on any atom is -0.461 e. The molecule has 4 nitrogen and oxygen atoms in total. The molecule has 1 atom stereocenters. The summed E-state index contributed by atoms with van der Waals surface area (Å²) in [5.41, 5.74) is 3.49. The molecule has 0 N–H and O–H groups in total. The number of esters is 2. The minimum atomic E-state index is -0.398. The molecule has 0 bridgehead atoms. The topological polar surface area (TPSA) is 52.6 Å². The summed E-state index contributed by atoms with van der Waals surface area (Å²) in [6.07, 6.45) is 4.01. The van der Waals surface area contributed by atoms with Gasteiger partial charge in [0.25, 0.3) is 0 Å². The second-order valence-electron chi connectivity index (χ2n) is 7.92. The van der Waals surface area contributed by atoms with Crippen LogP contribution in [-0.2, 0) is 16.0 Å². The Balaban J connectivity index is 1.49. The quantitative estimate of drug-likeness (QED) is 0.135. The van der Waals surface area contributed by atoms with Crippen LogP contribution in [0.1, 0.15) is 48.5 Å². The van der Waals surface area contributed by atoms with E-state index in [1.165, 1.54) is 0 Å². The molecule has 33 heavy (non-hydrogen) atoms. The molecule has 0 amide bonds. The van der Waals surface area contributed by atoms with E-state index in [2.05, 4.69) is 6.92 Å². The predicted octanol–water partition coefficient (Wildman–Crippen LogP) is 6.85. The lowest BCUT2D eigenvalue weighted by atomic mass is 10.0. The lowest BCUT2D eigenvalue weighted by Gasteiger charge is -2.11.